The van der Waals surface area contributed by atoms with Crippen LogP contribution in [0, 0.1) is 0 Å². The fourth-order valence-electron chi connectivity index (χ4n) is 1.65. The second kappa shape index (κ2) is 4.26. The smallest absolute Gasteiger partial charge is 0.176 e. The first kappa shape index (κ1) is 11.4. The number of rotatable bonds is 3. The maximum atomic E-state index is 11.4. The molecule has 0 radical (unpaired) electrons. The minimum Gasteiger partial charge on any atom is -0.341 e. The summed E-state index contributed by atoms with van der Waals surface area (Å²) in [7, 11) is 1.79. The van der Waals surface area contributed by atoms with Crippen LogP contribution in [-0.4, -0.2) is 16.1 Å². The molecule has 0 bridgehead atoms. The minimum atomic E-state index is -0.0848. The van der Waals surface area contributed by atoms with Crippen LogP contribution in [0.1, 0.15) is 47.3 Å². The van der Waals surface area contributed by atoms with E-state index in [0.29, 0.717) is 11.3 Å². The van der Waals surface area contributed by atoms with Crippen LogP contribution < -0.4 is 0 Å². The molecule has 0 unspecified atom stereocenters. The van der Waals surface area contributed by atoms with Gasteiger partial charge in [-0.15, -0.1) is 0 Å². The molecule has 0 aliphatic heterocycles. The summed E-state index contributed by atoms with van der Waals surface area (Å²) in [6.45, 7) is 4.84. The van der Waals surface area contributed by atoms with Gasteiger partial charge in [0.2, 0.25) is 0 Å². The molecule has 0 aliphatic carbocycles. The Morgan fingerprint density at radius 2 is 1.87 bits per heavy atom. The standard InChI is InChI=1S/C12H15NO2/c1-5-6-10-7-11(8(2)14)12(9(3)15)13(10)4/h5-7H,1-4H3/b6-5-. The normalized spacial score (nSPS) is 10.9. The van der Waals surface area contributed by atoms with Crippen molar-refractivity contribution in [2.75, 3.05) is 0 Å². The van der Waals surface area contributed by atoms with E-state index in [1.165, 1.54) is 13.8 Å². The Morgan fingerprint density at radius 1 is 1.27 bits per heavy atom. The number of aromatic nitrogens is 1. The summed E-state index contributed by atoms with van der Waals surface area (Å²) in [6, 6.07) is 1.75. The predicted octanol–water partition coefficient (Wildman–Crippen LogP) is 2.46. The molecule has 0 N–H and O–H groups in total. The number of nitrogens with zero attached hydrogens (tertiary/aromatic N) is 1. The van der Waals surface area contributed by atoms with Crippen LogP contribution in [0.4, 0.5) is 0 Å². The zero-order chi connectivity index (χ0) is 11.6. The molecular weight excluding hydrogens is 190 g/mol. The molecule has 0 atom stereocenters. The van der Waals surface area contributed by atoms with Crippen molar-refractivity contribution in [1.29, 1.82) is 0 Å². The molecular formula is C12H15NO2. The third-order valence-electron chi connectivity index (χ3n) is 2.32. The fourth-order valence-corrected chi connectivity index (χ4v) is 1.65. The monoisotopic (exact) mass is 205 g/mol. The lowest BCUT2D eigenvalue weighted by Crippen LogP contribution is -2.07. The Hall–Kier alpha value is -1.64. The molecule has 3 nitrogen and oxygen atoms in total. The first-order chi connectivity index (χ1) is 6.99. The van der Waals surface area contributed by atoms with Crippen molar-refractivity contribution < 1.29 is 9.59 Å². The first-order valence-electron chi connectivity index (χ1n) is 4.83. The van der Waals surface area contributed by atoms with Crippen LogP contribution in [0.5, 0.6) is 0 Å². The summed E-state index contributed by atoms with van der Waals surface area (Å²) in [5.41, 5.74) is 1.85. The molecule has 0 saturated carbocycles. The molecule has 0 aromatic carbocycles. The highest BCUT2D eigenvalue weighted by atomic mass is 16.1. The number of hydrogen-bond acceptors (Lipinski definition) is 2. The highest BCUT2D eigenvalue weighted by molar-refractivity contribution is 6.07. The van der Waals surface area contributed by atoms with Gasteiger partial charge in [-0.25, -0.2) is 0 Å². The van der Waals surface area contributed by atoms with Gasteiger partial charge in [-0.2, -0.15) is 0 Å². The van der Waals surface area contributed by atoms with Gasteiger partial charge in [-0.3, -0.25) is 9.59 Å². The lowest BCUT2D eigenvalue weighted by atomic mass is 10.1. The van der Waals surface area contributed by atoms with Crippen LogP contribution in [0.3, 0.4) is 0 Å². The quantitative estimate of drug-likeness (QED) is 0.711. The zero-order valence-corrected chi connectivity index (χ0v) is 9.50. The third kappa shape index (κ3) is 2.06. The van der Waals surface area contributed by atoms with E-state index in [-0.39, 0.29) is 11.6 Å². The molecule has 1 rings (SSSR count). The van der Waals surface area contributed by atoms with Gasteiger partial charge in [0, 0.05) is 25.2 Å². The molecule has 1 aromatic rings. The topological polar surface area (TPSA) is 39.1 Å². The number of carbonyl (C=O) groups is 2. The zero-order valence-electron chi connectivity index (χ0n) is 9.50. The average Bonchev–Trinajstić information content (AvgIpc) is 2.44. The summed E-state index contributed by atoms with van der Waals surface area (Å²) in [4.78, 5) is 22.8. The Bertz CT molecular complexity index is 439. The van der Waals surface area contributed by atoms with E-state index in [2.05, 4.69) is 0 Å². The number of allylic oxidation sites excluding steroid dienone is 1. The molecule has 0 spiro atoms. The lowest BCUT2D eigenvalue weighted by Gasteiger charge is -2.02. The molecule has 0 aliphatic rings. The van der Waals surface area contributed by atoms with E-state index in [1.54, 1.807) is 17.7 Å². The second-order valence-corrected chi connectivity index (χ2v) is 3.50. The van der Waals surface area contributed by atoms with Crippen LogP contribution in [0.25, 0.3) is 6.08 Å². The Labute approximate surface area is 89.4 Å². The number of hydrogen-bond donors (Lipinski definition) is 0. The largest absolute Gasteiger partial charge is 0.341 e. The van der Waals surface area contributed by atoms with E-state index in [4.69, 9.17) is 0 Å². The number of Topliss-reactive ketones (excluding diaryl/α,β-unsaturated/α-hetero) is 2. The molecule has 0 saturated heterocycles. The van der Waals surface area contributed by atoms with Crippen molar-refractivity contribution in [2.45, 2.75) is 20.8 Å². The summed E-state index contributed by atoms with van der Waals surface area (Å²) >= 11 is 0. The SMILES string of the molecule is C/C=C\c1cc(C(C)=O)c(C(C)=O)n1C. The van der Waals surface area contributed by atoms with Gasteiger partial charge in [0.25, 0.3) is 0 Å². The van der Waals surface area contributed by atoms with Crippen LogP contribution in [-0.2, 0) is 7.05 Å². The summed E-state index contributed by atoms with van der Waals surface area (Å²) in [5, 5.41) is 0. The number of ketones is 2. The molecule has 15 heavy (non-hydrogen) atoms. The minimum absolute atomic E-state index is 0.0773. The van der Waals surface area contributed by atoms with Gasteiger partial charge in [0.1, 0.15) is 0 Å². The van der Waals surface area contributed by atoms with E-state index < -0.39 is 0 Å². The van der Waals surface area contributed by atoms with E-state index >= 15 is 0 Å². The molecule has 1 heterocycles. The highest BCUT2D eigenvalue weighted by Crippen LogP contribution is 2.17. The van der Waals surface area contributed by atoms with E-state index in [1.807, 2.05) is 19.1 Å². The molecule has 1 aromatic heterocycles. The van der Waals surface area contributed by atoms with Crippen molar-refractivity contribution in [3.05, 3.63) is 29.1 Å². The van der Waals surface area contributed by atoms with Gasteiger partial charge in [-0.05, 0) is 26.0 Å². The third-order valence-corrected chi connectivity index (χ3v) is 2.32. The van der Waals surface area contributed by atoms with E-state index in [9.17, 15) is 9.59 Å². The molecule has 80 valence electrons. The van der Waals surface area contributed by atoms with Crippen molar-refractivity contribution in [3.8, 4) is 0 Å². The molecule has 3 heteroatoms. The van der Waals surface area contributed by atoms with Gasteiger partial charge in [-0.1, -0.05) is 6.08 Å². The van der Waals surface area contributed by atoms with Crippen LogP contribution >= 0.6 is 0 Å². The maximum Gasteiger partial charge on any atom is 0.176 e. The van der Waals surface area contributed by atoms with Crippen LogP contribution in [0.2, 0.25) is 0 Å². The van der Waals surface area contributed by atoms with Crippen molar-refractivity contribution in [2.24, 2.45) is 7.05 Å². The number of carbonyl (C=O) groups excluding carboxylic acids is 2. The highest BCUT2D eigenvalue weighted by Gasteiger charge is 2.17. The summed E-state index contributed by atoms with van der Waals surface area (Å²) < 4.78 is 1.75. The molecule has 0 fully saturated rings. The summed E-state index contributed by atoms with van der Waals surface area (Å²) in [6.07, 6.45) is 3.75. The van der Waals surface area contributed by atoms with E-state index in [0.717, 1.165) is 5.69 Å². The fraction of sp³-hybridized carbons (Fsp3) is 0.333. The average molecular weight is 205 g/mol. The molecule has 0 amide bonds. The summed E-state index contributed by atoms with van der Waals surface area (Å²) in [5.74, 6) is -0.162. The second-order valence-electron chi connectivity index (χ2n) is 3.50. The van der Waals surface area contributed by atoms with Crippen LogP contribution in [0.15, 0.2) is 12.1 Å². The van der Waals surface area contributed by atoms with Gasteiger partial charge in [0.05, 0.1) is 5.69 Å². The Morgan fingerprint density at radius 3 is 2.20 bits per heavy atom. The van der Waals surface area contributed by atoms with Crippen molar-refractivity contribution >= 4 is 17.6 Å². The Balaban J connectivity index is 3.46. The predicted molar refractivity (Wildman–Crippen MR) is 60.1 cm³/mol. The van der Waals surface area contributed by atoms with Gasteiger partial charge in [0.15, 0.2) is 11.6 Å². The maximum absolute atomic E-state index is 11.4. The van der Waals surface area contributed by atoms with Crippen molar-refractivity contribution in [1.82, 2.24) is 4.57 Å². The van der Waals surface area contributed by atoms with Gasteiger partial charge < -0.3 is 4.57 Å². The first-order valence-corrected chi connectivity index (χ1v) is 4.83. The Kier molecular flexibility index (Phi) is 3.24. The van der Waals surface area contributed by atoms with Gasteiger partial charge >= 0.3 is 0 Å². The lowest BCUT2D eigenvalue weighted by molar-refractivity contribution is 0.0976. The van der Waals surface area contributed by atoms with Crippen molar-refractivity contribution in [3.63, 3.8) is 0 Å².